The van der Waals surface area contributed by atoms with Crippen LogP contribution in [0.4, 0.5) is 0 Å². The maximum absolute atomic E-state index is 3.85. The molecule has 0 N–H and O–H groups in total. The molecule has 0 nitrogen and oxygen atoms in total. The monoisotopic (exact) mass is 162 g/mol. The summed E-state index contributed by atoms with van der Waals surface area (Å²) in [6.45, 7) is 9.82. The average Bonchev–Trinajstić information content (AvgIpc) is 1.98. The summed E-state index contributed by atoms with van der Waals surface area (Å²) >= 11 is 0. The van der Waals surface area contributed by atoms with Gasteiger partial charge >= 0.3 is 23.1 Å². The molecule has 0 amide bonds. The van der Waals surface area contributed by atoms with Gasteiger partial charge in [0.25, 0.3) is 0 Å². The minimum atomic E-state index is 0. The van der Waals surface area contributed by atoms with Gasteiger partial charge in [0.2, 0.25) is 0 Å². The van der Waals surface area contributed by atoms with E-state index >= 15 is 0 Å². The quantitative estimate of drug-likeness (QED) is 0.320. The molecule has 60 valence electrons. The zero-order valence-electron chi connectivity index (χ0n) is 7.73. The van der Waals surface area contributed by atoms with Gasteiger partial charge in [-0.15, -0.1) is 6.42 Å². The van der Waals surface area contributed by atoms with Crippen LogP contribution in [0.15, 0.2) is 12.2 Å². The van der Waals surface area contributed by atoms with Gasteiger partial charge in [-0.2, -0.15) is 6.42 Å². The molecular formula is C10H18Mg. The second-order valence-corrected chi connectivity index (χ2v) is 2.61. The van der Waals surface area contributed by atoms with Gasteiger partial charge in [-0.25, -0.2) is 18.6 Å². The van der Waals surface area contributed by atoms with Crippen molar-refractivity contribution in [3.63, 3.8) is 0 Å². The van der Waals surface area contributed by atoms with Crippen LogP contribution in [0.1, 0.15) is 39.0 Å². The van der Waals surface area contributed by atoms with Crippen LogP contribution in [-0.4, -0.2) is 23.1 Å². The number of unbranched alkanes of at least 4 members (excludes halogenated alkanes) is 3. The first-order valence-electron chi connectivity index (χ1n) is 4.11. The van der Waals surface area contributed by atoms with Gasteiger partial charge in [0.15, 0.2) is 0 Å². The van der Waals surface area contributed by atoms with Crippen LogP contribution < -0.4 is 0 Å². The van der Waals surface area contributed by atoms with Crippen LogP contribution >= 0.6 is 0 Å². The Balaban J connectivity index is 0. The van der Waals surface area contributed by atoms with E-state index in [1.54, 1.807) is 0 Å². The van der Waals surface area contributed by atoms with E-state index in [-0.39, 0.29) is 23.1 Å². The molecule has 0 rings (SSSR count). The maximum atomic E-state index is 3.85. The Hall–Kier alpha value is 0.376. The van der Waals surface area contributed by atoms with Crippen molar-refractivity contribution in [1.29, 1.82) is 0 Å². The summed E-state index contributed by atoms with van der Waals surface area (Å²) in [5.74, 6) is 0. The maximum Gasteiger partial charge on any atom is 2.00 e. The summed E-state index contributed by atoms with van der Waals surface area (Å²) in [5.41, 5.74) is 1.18. The molecule has 0 atom stereocenters. The number of hydrogen-bond acceptors (Lipinski definition) is 0. The Morgan fingerprint density at radius 3 is 2.55 bits per heavy atom. The van der Waals surface area contributed by atoms with Gasteiger partial charge < -0.3 is 6.92 Å². The van der Waals surface area contributed by atoms with Gasteiger partial charge in [-0.3, -0.25) is 0 Å². The number of rotatable bonds is 6. The van der Waals surface area contributed by atoms with Crippen LogP contribution in [0.5, 0.6) is 0 Å². The van der Waals surface area contributed by atoms with Gasteiger partial charge in [-0.1, -0.05) is 26.2 Å². The van der Waals surface area contributed by atoms with Crippen molar-refractivity contribution in [1.82, 2.24) is 0 Å². The van der Waals surface area contributed by atoms with Crippen LogP contribution in [-0.2, 0) is 0 Å². The minimum absolute atomic E-state index is 0. The Morgan fingerprint density at radius 1 is 1.45 bits per heavy atom. The summed E-state index contributed by atoms with van der Waals surface area (Å²) < 4.78 is 0. The van der Waals surface area contributed by atoms with E-state index < -0.39 is 0 Å². The van der Waals surface area contributed by atoms with Crippen molar-refractivity contribution in [2.45, 2.75) is 39.0 Å². The van der Waals surface area contributed by atoms with E-state index in [0.29, 0.717) is 0 Å². The Bertz CT molecular complexity index is 86.9. The molecule has 0 aromatic rings. The predicted octanol–water partition coefficient (Wildman–Crippen LogP) is 3.17. The number of allylic oxidation sites excluding steroid dienone is 1. The Kier molecular flexibility index (Phi) is 13.1. The summed E-state index contributed by atoms with van der Waals surface area (Å²) in [4.78, 5) is 0. The predicted molar refractivity (Wildman–Crippen MR) is 53.3 cm³/mol. The molecule has 0 fully saturated rings. The molecule has 0 saturated heterocycles. The largest absolute Gasteiger partial charge is 2.00 e. The fourth-order valence-corrected chi connectivity index (χ4v) is 0.803. The molecule has 0 aliphatic rings. The molecule has 0 saturated carbocycles. The smallest absolute Gasteiger partial charge is 0.342 e. The average molecular weight is 163 g/mol. The molecule has 11 heavy (non-hydrogen) atoms. The fraction of sp³-hybridized carbons (Fsp3) is 0.600. The van der Waals surface area contributed by atoms with Crippen LogP contribution in [0.3, 0.4) is 0 Å². The van der Waals surface area contributed by atoms with E-state index in [4.69, 9.17) is 0 Å². The zero-order chi connectivity index (χ0) is 7.82. The second-order valence-electron chi connectivity index (χ2n) is 2.61. The summed E-state index contributed by atoms with van der Waals surface area (Å²) in [5, 5.41) is 0. The normalized spacial score (nSPS) is 8.55. The van der Waals surface area contributed by atoms with E-state index in [1.807, 2.05) is 0 Å². The van der Waals surface area contributed by atoms with Crippen LogP contribution in [0, 0.1) is 13.3 Å². The summed E-state index contributed by atoms with van der Waals surface area (Å²) in [6, 6.07) is 0. The third-order valence-electron chi connectivity index (χ3n) is 1.56. The molecule has 0 spiro atoms. The molecular weight excluding hydrogens is 144 g/mol. The third-order valence-corrected chi connectivity index (χ3v) is 1.56. The summed E-state index contributed by atoms with van der Waals surface area (Å²) in [7, 11) is 0. The van der Waals surface area contributed by atoms with E-state index in [2.05, 4.69) is 26.8 Å². The topological polar surface area (TPSA) is 0 Å². The molecule has 0 aromatic heterocycles. The van der Waals surface area contributed by atoms with Crippen molar-refractivity contribution < 1.29 is 0 Å². The fourth-order valence-electron chi connectivity index (χ4n) is 0.803. The first-order chi connectivity index (χ1) is 4.81. The zero-order valence-corrected chi connectivity index (χ0v) is 9.15. The molecule has 0 radical (unpaired) electrons. The van der Waals surface area contributed by atoms with E-state index in [9.17, 15) is 0 Å². The van der Waals surface area contributed by atoms with Gasteiger partial charge in [0.05, 0.1) is 0 Å². The van der Waals surface area contributed by atoms with Gasteiger partial charge in [0, 0.05) is 0 Å². The first-order valence-corrected chi connectivity index (χ1v) is 4.11. The van der Waals surface area contributed by atoms with Crippen LogP contribution in [0.25, 0.3) is 0 Å². The van der Waals surface area contributed by atoms with Crippen molar-refractivity contribution in [3.8, 4) is 0 Å². The Morgan fingerprint density at radius 2 is 2.09 bits per heavy atom. The first kappa shape index (κ1) is 13.9. The van der Waals surface area contributed by atoms with E-state index in [1.165, 1.54) is 31.3 Å². The van der Waals surface area contributed by atoms with Gasteiger partial charge in [0.1, 0.15) is 0 Å². The molecule has 1 heteroatoms. The third kappa shape index (κ3) is 10.4. The molecule has 0 aliphatic heterocycles. The van der Waals surface area contributed by atoms with E-state index in [0.717, 1.165) is 6.42 Å². The Labute approximate surface area is 87.6 Å². The summed E-state index contributed by atoms with van der Waals surface area (Å²) in [6.07, 6.45) is 8.16. The van der Waals surface area contributed by atoms with Crippen LogP contribution in [0.2, 0.25) is 0 Å². The minimum Gasteiger partial charge on any atom is -0.342 e. The number of hydrogen-bond donors (Lipinski definition) is 0. The van der Waals surface area contributed by atoms with Crippen molar-refractivity contribution in [2.75, 3.05) is 0 Å². The van der Waals surface area contributed by atoms with Crippen molar-refractivity contribution in [2.24, 2.45) is 0 Å². The molecule has 0 aliphatic carbocycles. The van der Waals surface area contributed by atoms with Gasteiger partial charge in [-0.05, 0) is 0 Å². The molecule has 0 bridgehead atoms. The molecule has 0 heterocycles. The molecule has 0 unspecified atom stereocenters. The molecule has 0 aromatic carbocycles. The standard InChI is InChI=1S/C10H18.Mg/c1-4-6-7-8-9-10(3)5-2;/h9H,2-8H2,1H3;/q-2;+2. The second kappa shape index (κ2) is 10.4. The SMILES string of the molecule is C=C([CH-]CCCCC)C[CH2-].[Mg+2]. The van der Waals surface area contributed by atoms with Crippen molar-refractivity contribution in [3.05, 3.63) is 25.5 Å². The van der Waals surface area contributed by atoms with Crippen molar-refractivity contribution >= 4 is 23.1 Å².